The van der Waals surface area contributed by atoms with Gasteiger partial charge in [-0.05, 0) is 0 Å². The topological polar surface area (TPSA) is 29.5 Å². The monoisotopic (exact) mass is 100 g/mol. The molecule has 1 saturated heterocycles. The van der Waals surface area contributed by atoms with Crippen molar-refractivity contribution in [2.24, 2.45) is 0 Å². The molecule has 1 aliphatic rings. The van der Waals surface area contributed by atoms with Gasteiger partial charge in [-0.1, -0.05) is 6.58 Å². The maximum Gasteiger partial charge on any atom is 0.197 e. The summed E-state index contributed by atoms with van der Waals surface area (Å²) in [5, 5.41) is 8.62. The molecule has 1 atom stereocenters. The number of rotatable bonds is 0. The third-order valence-electron chi connectivity index (χ3n) is 0.973. The molecule has 2 nitrogen and oxygen atoms in total. The van der Waals surface area contributed by atoms with E-state index in [0.717, 1.165) is 6.42 Å². The second-order valence-corrected chi connectivity index (χ2v) is 1.65. The van der Waals surface area contributed by atoms with Crippen LogP contribution in [-0.2, 0) is 4.74 Å². The van der Waals surface area contributed by atoms with Crippen molar-refractivity contribution >= 4 is 0 Å². The van der Waals surface area contributed by atoms with Gasteiger partial charge in [0.05, 0.1) is 5.76 Å². The third-order valence-corrected chi connectivity index (χ3v) is 0.973. The van der Waals surface area contributed by atoms with Crippen LogP contribution in [0.5, 0.6) is 0 Å². The first-order valence-electron chi connectivity index (χ1n) is 2.31. The Labute approximate surface area is 42.4 Å². The number of aliphatic hydroxyl groups is 1. The molecule has 1 N–H and O–H groups in total. The molecule has 1 unspecified atom stereocenters. The van der Waals surface area contributed by atoms with Gasteiger partial charge in [0.15, 0.2) is 6.29 Å². The number of hydrogen-bond acceptors (Lipinski definition) is 2. The molecule has 1 heterocycles. The largest absolute Gasteiger partial charge is 0.470 e. The van der Waals surface area contributed by atoms with E-state index in [9.17, 15) is 0 Å². The summed E-state index contributed by atoms with van der Waals surface area (Å²) in [4.78, 5) is 0. The molecule has 0 aliphatic carbocycles. The lowest BCUT2D eigenvalue weighted by Gasteiger charge is -1.98. The molecule has 7 heavy (non-hydrogen) atoms. The Kier molecular flexibility index (Phi) is 1.02. The minimum Gasteiger partial charge on any atom is -0.470 e. The predicted octanol–water partition coefficient (Wildman–Crippen LogP) is 0.629. The van der Waals surface area contributed by atoms with E-state index in [0.29, 0.717) is 12.2 Å². The normalized spacial score (nSPS) is 30.4. The summed E-state index contributed by atoms with van der Waals surface area (Å²) >= 11 is 0. The average Bonchev–Trinajstić information content (AvgIpc) is 1.87. The molecular weight excluding hydrogens is 92.1 g/mol. The lowest BCUT2D eigenvalue weighted by atomic mass is 10.3. The van der Waals surface area contributed by atoms with E-state index in [4.69, 9.17) is 9.84 Å². The molecule has 0 spiro atoms. The summed E-state index contributed by atoms with van der Waals surface area (Å²) in [5.41, 5.74) is 0. The van der Waals surface area contributed by atoms with E-state index in [1.54, 1.807) is 0 Å². The van der Waals surface area contributed by atoms with Crippen molar-refractivity contribution in [3.8, 4) is 0 Å². The van der Waals surface area contributed by atoms with Crippen molar-refractivity contribution in [1.82, 2.24) is 0 Å². The van der Waals surface area contributed by atoms with Gasteiger partial charge in [-0.3, -0.25) is 0 Å². The van der Waals surface area contributed by atoms with Gasteiger partial charge in [0.1, 0.15) is 0 Å². The lowest BCUT2D eigenvalue weighted by molar-refractivity contribution is -0.0347. The van der Waals surface area contributed by atoms with Gasteiger partial charge in [0, 0.05) is 12.8 Å². The number of hydrogen-bond donors (Lipinski definition) is 1. The zero-order valence-electron chi connectivity index (χ0n) is 4.05. The van der Waals surface area contributed by atoms with E-state index in [-0.39, 0.29) is 0 Å². The summed E-state index contributed by atoms with van der Waals surface area (Å²) in [7, 11) is 0. The molecule has 40 valence electrons. The SMILES string of the molecule is C=C1CCC(O)O1. The summed E-state index contributed by atoms with van der Waals surface area (Å²) in [5.74, 6) is 0.701. The minimum atomic E-state index is -0.576. The smallest absolute Gasteiger partial charge is 0.197 e. The average molecular weight is 100 g/mol. The van der Waals surface area contributed by atoms with Crippen LogP contribution in [0.1, 0.15) is 12.8 Å². The van der Waals surface area contributed by atoms with Gasteiger partial charge in [-0.25, -0.2) is 0 Å². The number of allylic oxidation sites excluding steroid dienone is 1. The molecule has 0 amide bonds. The molecule has 1 rings (SSSR count). The lowest BCUT2D eigenvalue weighted by Crippen LogP contribution is -1.99. The Balaban J connectivity index is 2.40. The predicted molar refractivity (Wildman–Crippen MR) is 25.5 cm³/mol. The Morgan fingerprint density at radius 1 is 1.86 bits per heavy atom. The Morgan fingerprint density at radius 2 is 2.57 bits per heavy atom. The van der Waals surface area contributed by atoms with Gasteiger partial charge in [-0.15, -0.1) is 0 Å². The summed E-state index contributed by atoms with van der Waals surface area (Å²) < 4.78 is 4.72. The molecule has 0 aromatic carbocycles. The van der Waals surface area contributed by atoms with Crippen molar-refractivity contribution in [2.45, 2.75) is 19.1 Å². The highest BCUT2D eigenvalue weighted by Gasteiger charge is 2.14. The van der Waals surface area contributed by atoms with Crippen LogP contribution in [0.25, 0.3) is 0 Å². The first kappa shape index (κ1) is 4.65. The van der Waals surface area contributed by atoms with Crippen LogP contribution >= 0.6 is 0 Å². The zero-order valence-corrected chi connectivity index (χ0v) is 4.05. The molecule has 0 aromatic rings. The van der Waals surface area contributed by atoms with E-state index in [1.165, 1.54) is 0 Å². The highest BCUT2D eigenvalue weighted by molar-refractivity contribution is 4.87. The summed E-state index contributed by atoms with van der Waals surface area (Å²) in [6, 6.07) is 0. The van der Waals surface area contributed by atoms with Crippen LogP contribution < -0.4 is 0 Å². The van der Waals surface area contributed by atoms with E-state index in [2.05, 4.69) is 6.58 Å². The molecule has 0 bridgehead atoms. The van der Waals surface area contributed by atoms with Crippen LogP contribution in [0.3, 0.4) is 0 Å². The zero-order chi connectivity index (χ0) is 5.28. The maximum atomic E-state index is 8.62. The second kappa shape index (κ2) is 1.54. The summed E-state index contributed by atoms with van der Waals surface area (Å²) in [6.07, 6.45) is 0.937. The Morgan fingerprint density at radius 3 is 2.71 bits per heavy atom. The highest BCUT2D eigenvalue weighted by Crippen LogP contribution is 2.18. The molecule has 0 aromatic heterocycles. The fraction of sp³-hybridized carbons (Fsp3) is 0.600. The van der Waals surface area contributed by atoms with Crippen LogP contribution in [0.2, 0.25) is 0 Å². The minimum absolute atomic E-state index is 0.576. The maximum absolute atomic E-state index is 8.62. The van der Waals surface area contributed by atoms with Gasteiger partial charge < -0.3 is 9.84 Å². The van der Waals surface area contributed by atoms with Crippen molar-refractivity contribution in [3.63, 3.8) is 0 Å². The van der Waals surface area contributed by atoms with E-state index >= 15 is 0 Å². The van der Waals surface area contributed by atoms with Gasteiger partial charge in [-0.2, -0.15) is 0 Å². The van der Waals surface area contributed by atoms with Crippen LogP contribution in [0.4, 0.5) is 0 Å². The molecular formula is C5H8O2. The van der Waals surface area contributed by atoms with Crippen LogP contribution in [0, 0.1) is 0 Å². The first-order valence-corrected chi connectivity index (χ1v) is 2.31. The van der Waals surface area contributed by atoms with E-state index < -0.39 is 6.29 Å². The van der Waals surface area contributed by atoms with Crippen molar-refractivity contribution in [1.29, 1.82) is 0 Å². The van der Waals surface area contributed by atoms with Crippen LogP contribution in [-0.4, -0.2) is 11.4 Å². The summed E-state index contributed by atoms with van der Waals surface area (Å²) in [6.45, 7) is 3.52. The fourth-order valence-electron chi connectivity index (χ4n) is 0.595. The van der Waals surface area contributed by atoms with Gasteiger partial charge in [0.2, 0.25) is 0 Å². The van der Waals surface area contributed by atoms with Crippen molar-refractivity contribution < 1.29 is 9.84 Å². The van der Waals surface area contributed by atoms with Crippen molar-refractivity contribution in [2.75, 3.05) is 0 Å². The highest BCUT2D eigenvalue weighted by atomic mass is 16.6. The van der Waals surface area contributed by atoms with Crippen LogP contribution in [0.15, 0.2) is 12.3 Å². The molecule has 2 heteroatoms. The van der Waals surface area contributed by atoms with Gasteiger partial charge in [0.25, 0.3) is 0 Å². The Hall–Kier alpha value is -0.500. The Bertz CT molecular complexity index is 88.1. The number of ether oxygens (including phenoxy) is 1. The van der Waals surface area contributed by atoms with Crippen molar-refractivity contribution in [3.05, 3.63) is 12.3 Å². The van der Waals surface area contributed by atoms with Gasteiger partial charge >= 0.3 is 0 Å². The van der Waals surface area contributed by atoms with E-state index in [1.807, 2.05) is 0 Å². The molecule has 0 saturated carbocycles. The standard InChI is InChI=1S/C5H8O2/c1-4-2-3-5(6)7-4/h5-6H,1-3H2. The third kappa shape index (κ3) is 0.933. The molecule has 1 aliphatic heterocycles. The fourth-order valence-corrected chi connectivity index (χ4v) is 0.595. The number of aliphatic hydroxyl groups excluding tert-OH is 1. The molecule has 0 radical (unpaired) electrons. The first-order chi connectivity index (χ1) is 3.29. The quantitative estimate of drug-likeness (QED) is 0.483. The second-order valence-electron chi connectivity index (χ2n) is 1.65. The molecule has 1 fully saturated rings.